The van der Waals surface area contributed by atoms with Crippen LogP contribution in [0.4, 0.5) is 0 Å². The van der Waals surface area contributed by atoms with E-state index in [2.05, 4.69) is 42.7 Å². The monoisotopic (exact) mass is 498 g/mol. The number of halogens is 1. The van der Waals surface area contributed by atoms with E-state index in [0.717, 1.165) is 82.6 Å². The number of hydrogen-bond donors (Lipinski definition) is 1. The highest BCUT2D eigenvalue weighted by atomic mass is 35.5. The first-order valence-electron chi connectivity index (χ1n) is 12.5. The predicted octanol–water partition coefficient (Wildman–Crippen LogP) is 7.09. The summed E-state index contributed by atoms with van der Waals surface area (Å²) in [6.07, 6.45) is 4.84. The summed E-state index contributed by atoms with van der Waals surface area (Å²) in [6.45, 7) is 6.06. The van der Waals surface area contributed by atoms with Gasteiger partial charge in [-0.15, -0.1) is 0 Å². The van der Waals surface area contributed by atoms with Gasteiger partial charge >= 0.3 is 5.97 Å². The van der Waals surface area contributed by atoms with Crippen molar-refractivity contribution in [3.63, 3.8) is 0 Å². The summed E-state index contributed by atoms with van der Waals surface area (Å²) in [4.78, 5) is 12.2. The fourth-order valence-corrected chi connectivity index (χ4v) is 5.32. The number of fused-ring (bicyclic) bond motifs is 2. The summed E-state index contributed by atoms with van der Waals surface area (Å²) in [5.74, 6) is 0.675. The van der Waals surface area contributed by atoms with Crippen LogP contribution in [0.25, 0.3) is 34.1 Å². The summed E-state index contributed by atoms with van der Waals surface area (Å²) >= 11 is 6.10. The smallest absolute Gasteiger partial charge is 0.336 e. The quantitative estimate of drug-likeness (QED) is 0.299. The second-order valence-corrected chi connectivity index (χ2v) is 9.50. The van der Waals surface area contributed by atoms with Gasteiger partial charge in [0.2, 0.25) is 5.36 Å². The number of nitrogens with zero attached hydrogens (tertiary/aromatic N) is 1. The molecule has 36 heavy (non-hydrogen) atoms. The van der Waals surface area contributed by atoms with Crippen LogP contribution in [-0.4, -0.2) is 24.2 Å². The summed E-state index contributed by atoms with van der Waals surface area (Å²) in [5, 5.41) is 11.8. The van der Waals surface area contributed by atoms with Gasteiger partial charge in [-0.25, -0.2) is 9.37 Å². The Morgan fingerprint density at radius 2 is 1.75 bits per heavy atom. The van der Waals surface area contributed by atoms with Crippen LogP contribution in [0.5, 0.6) is 0 Å². The molecular formula is C31H29ClNO3+. The molecule has 0 fully saturated rings. The predicted molar refractivity (Wildman–Crippen MR) is 146 cm³/mol. The Kier molecular flexibility index (Phi) is 6.80. The number of allylic oxidation sites excluding steroid dienone is 1. The Bertz CT molecular complexity index is 1510. The third-order valence-electron chi connectivity index (χ3n) is 6.95. The zero-order valence-electron chi connectivity index (χ0n) is 20.6. The standard InChI is InChI=1S/C31H28ClNO3/c1-3-33(4-2)23-16-17-26-28(19-23)36-30-21(18-20-12-14-22(32)15-13-20)8-7-11-27(30)29(26)24-9-5-6-10-25(24)31(34)35/h5-6,9-10,12-19H,3-4,7-8,11H2,1-2H3/p+1/b21-18+. The van der Waals surface area contributed by atoms with E-state index in [1.807, 2.05) is 36.4 Å². The van der Waals surface area contributed by atoms with Crippen molar-refractivity contribution in [3.05, 3.63) is 99.6 Å². The molecule has 0 spiro atoms. The lowest BCUT2D eigenvalue weighted by atomic mass is 9.82. The van der Waals surface area contributed by atoms with Crippen LogP contribution in [0.1, 0.15) is 53.9 Å². The molecule has 0 aromatic heterocycles. The molecule has 182 valence electrons. The van der Waals surface area contributed by atoms with E-state index in [-0.39, 0.29) is 0 Å². The van der Waals surface area contributed by atoms with Crippen LogP contribution in [0.15, 0.2) is 71.1 Å². The van der Waals surface area contributed by atoms with E-state index in [1.165, 1.54) is 0 Å². The molecule has 5 heteroatoms. The lowest BCUT2D eigenvalue weighted by molar-refractivity contribution is 0.0697. The van der Waals surface area contributed by atoms with Crippen molar-refractivity contribution in [3.8, 4) is 22.5 Å². The van der Waals surface area contributed by atoms with Crippen molar-refractivity contribution in [2.45, 2.75) is 33.1 Å². The van der Waals surface area contributed by atoms with Crippen molar-refractivity contribution in [2.24, 2.45) is 0 Å². The molecule has 0 saturated heterocycles. The molecule has 0 saturated carbocycles. The molecule has 2 aromatic carbocycles. The highest BCUT2D eigenvalue weighted by Crippen LogP contribution is 2.45. The topological polar surface area (TPSA) is 53.5 Å². The van der Waals surface area contributed by atoms with Gasteiger partial charge in [0.25, 0.3) is 0 Å². The van der Waals surface area contributed by atoms with E-state index < -0.39 is 5.97 Å². The Labute approximate surface area is 216 Å². The van der Waals surface area contributed by atoms with Gasteiger partial charge in [-0.3, -0.25) is 0 Å². The summed E-state index contributed by atoms with van der Waals surface area (Å²) in [5.41, 5.74) is 6.16. The molecular weight excluding hydrogens is 470 g/mol. The lowest BCUT2D eigenvalue weighted by Crippen LogP contribution is -2.29. The van der Waals surface area contributed by atoms with Crippen LogP contribution in [0.3, 0.4) is 0 Å². The van der Waals surface area contributed by atoms with Gasteiger partial charge in [0.15, 0.2) is 0 Å². The number of carbonyl (C=O) groups is 1. The van der Waals surface area contributed by atoms with Gasteiger partial charge in [-0.2, -0.15) is 0 Å². The minimum atomic E-state index is -0.930. The molecule has 2 aromatic rings. The van der Waals surface area contributed by atoms with Gasteiger partial charge in [-0.1, -0.05) is 41.9 Å². The fraction of sp³-hybridized carbons (Fsp3) is 0.226. The Hall–Kier alpha value is -3.63. The summed E-state index contributed by atoms with van der Waals surface area (Å²) in [6, 6.07) is 21.3. The molecule has 0 amide bonds. The van der Waals surface area contributed by atoms with Gasteiger partial charge < -0.3 is 9.52 Å². The van der Waals surface area contributed by atoms with Crippen LogP contribution in [0.2, 0.25) is 5.02 Å². The zero-order chi connectivity index (χ0) is 25.2. The SMILES string of the molecule is CC[N+](CC)=c1ccc2c(-c3ccccc3C(=O)O)c3c(oc-2c1)/C(=C/c1ccc(Cl)cc1)CCC3. The fourth-order valence-electron chi connectivity index (χ4n) is 5.20. The molecule has 1 aliphatic heterocycles. The molecule has 0 atom stereocenters. The van der Waals surface area contributed by atoms with Crippen LogP contribution < -0.4 is 9.93 Å². The molecule has 0 bridgehead atoms. The van der Waals surface area contributed by atoms with Crippen LogP contribution >= 0.6 is 11.6 Å². The Balaban J connectivity index is 1.85. The molecule has 1 heterocycles. The van der Waals surface area contributed by atoms with Gasteiger partial charge in [0, 0.05) is 27.8 Å². The van der Waals surface area contributed by atoms with E-state index in [1.54, 1.807) is 12.1 Å². The highest BCUT2D eigenvalue weighted by Gasteiger charge is 2.28. The molecule has 1 N–H and O–H groups in total. The second kappa shape index (κ2) is 10.2. The highest BCUT2D eigenvalue weighted by molar-refractivity contribution is 6.30. The van der Waals surface area contributed by atoms with Crippen molar-refractivity contribution in [1.82, 2.24) is 4.58 Å². The molecule has 4 nitrogen and oxygen atoms in total. The maximum atomic E-state index is 12.2. The maximum Gasteiger partial charge on any atom is 0.336 e. The number of carboxylic acid groups (broad SMARTS) is 1. The average molecular weight is 499 g/mol. The molecule has 0 radical (unpaired) electrons. The minimum Gasteiger partial charge on any atom is -0.478 e. The first kappa shape index (κ1) is 24.1. The maximum absolute atomic E-state index is 12.2. The van der Waals surface area contributed by atoms with Crippen LogP contribution in [0, 0.1) is 0 Å². The Morgan fingerprint density at radius 3 is 2.47 bits per heavy atom. The normalized spacial score (nSPS) is 14.1. The first-order chi connectivity index (χ1) is 17.5. The van der Waals surface area contributed by atoms with Crippen molar-refractivity contribution in [2.75, 3.05) is 13.1 Å². The number of hydrogen-bond acceptors (Lipinski definition) is 2. The molecule has 3 aliphatic rings. The summed E-state index contributed by atoms with van der Waals surface area (Å²) < 4.78 is 8.95. The zero-order valence-corrected chi connectivity index (χ0v) is 21.3. The van der Waals surface area contributed by atoms with Crippen LogP contribution in [-0.2, 0) is 6.42 Å². The third-order valence-corrected chi connectivity index (χ3v) is 7.21. The Morgan fingerprint density at radius 1 is 1.00 bits per heavy atom. The first-order valence-corrected chi connectivity index (χ1v) is 12.8. The molecule has 0 unspecified atom stereocenters. The number of carboxylic acids is 1. The average Bonchev–Trinajstić information content (AvgIpc) is 2.89. The van der Waals surface area contributed by atoms with Crippen molar-refractivity contribution < 1.29 is 14.3 Å². The van der Waals surface area contributed by atoms with Crippen molar-refractivity contribution >= 4 is 29.2 Å². The van der Waals surface area contributed by atoms with Gasteiger partial charge in [-0.05, 0) is 80.2 Å². The molecule has 5 rings (SSSR count). The van der Waals surface area contributed by atoms with E-state index in [9.17, 15) is 9.90 Å². The lowest BCUT2D eigenvalue weighted by Gasteiger charge is -2.25. The minimum absolute atomic E-state index is 0.300. The van der Waals surface area contributed by atoms with E-state index >= 15 is 0 Å². The largest absolute Gasteiger partial charge is 0.478 e. The number of benzene rings is 3. The van der Waals surface area contributed by atoms with Gasteiger partial charge in [0.05, 0.1) is 11.6 Å². The number of aromatic carboxylic acids is 1. The molecule has 2 aliphatic carbocycles. The van der Waals surface area contributed by atoms with E-state index in [0.29, 0.717) is 10.6 Å². The third kappa shape index (κ3) is 4.49. The van der Waals surface area contributed by atoms with Crippen molar-refractivity contribution in [1.29, 1.82) is 0 Å². The van der Waals surface area contributed by atoms with E-state index in [4.69, 9.17) is 16.0 Å². The second-order valence-electron chi connectivity index (χ2n) is 9.06. The number of rotatable bonds is 5. The summed E-state index contributed by atoms with van der Waals surface area (Å²) in [7, 11) is 0. The van der Waals surface area contributed by atoms with Gasteiger partial charge in [0.1, 0.15) is 24.6 Å².